The van der Waals surface area contributed by atoms with Gasteiger partial charge in [0.25, 0.3) is 5.91 Å². The van der Waals surface area contributed by atoms with E-state index < -0.39 is 0 Å². The molecule has 1 aromatic heterocycles. The zero-order valence-electron chi connectivity index (χ0n) is 18.4. The van der Waals surface area contributed by atoms with Crippen molar-refractivity contribution < 1.29 is 9.53 Å². The highest BCUT2D eigenvalue weighted by atomic mass is 32.1. The third kappa shape index (κ3) is 4.31. The lowest BCUT2D eigenvalue weighted by molar-refractivity contribution is 0.0503. The number of hydrogen-bond donors (Lipinski definition) is 0. The van der Waals surface area contributed by atoms with Gasteiger partial charge in [0.15, 0.2) is 0 Å². The Morgan fingerprint density at radius 2 is 1.62 bits per heavy atom. The number of anilines is 1. The average molecular weight is 448 g/mol. The van der Waals surface area contributed by atoms with Gasteiger partial charge < -0.3 is 19.4 Å². The van der Waals surface area contributed by atoms with Crippen molar-refractivity contribution in [3.8, 4) is 11.1 Å². The van der Waals surface area contributed by atoms with Crippen LogP contribution >= 0.6 is 11.3 Å². The van der Waals surface area contributed by atoms with Crippen LogP contribution in [0.3, 0.4) is 0 Å². The Morgan fingerprint density at radius 1 is 0.938 bits per heavy atom. The minimum absolute atomic E-state index is 0.0663. The minimum atomic E-state index is 0.0663. The van der Waals surface area contributed by atoms with Gasteiger partial charge in [-0.15, -0.1) is 11.3 Å². The Labute approximate surface area is 193 Å². The van der Waals surface area contributed by atoms with E-state index in [4.69, 9.17) is 4.74 Å². The summed E-state index contributed by atoms with van der Waals surface area (Å²) in [7, 11) is 2.13. The molecule has 6 heteroatoms. The second kappa shape index (κ2) is 9.45. The maximum absolute atomic E-state index is 13.8. The van der Waals surface area contributed by atoms with Crippen LogP contribution in [0.5, 0.6) is 0 Å². The molecule has 1 amide bonds. The Balaban J connectivity index is 1.50. The summed E-state index contributed by atoms with van der Waals surface area (Å²) in [6.45, 7) is 5.64. The van der Waals surface area contributed by atoms with Crippen molar-refractivity contribution in [3.63, 3.8) is 0 Å². The molecular formula is C26H29N3O2S. The fraction of sp³-hybridized carbons (Fsp3) is 0.346. The number of thiophene rings is 1. The Hall–Kier alpha value is -2.67. The molecule has 3 heterocycles. The number of carbonyl (C=O) groups excluding carboxylic acids is 1. The maximum Gasteiger partial charge on any atom is 0.264 e. The first kappa shape index (κ1) is 21.2. The zero-order chi connectivity index (χ0) is 21.9. The second-order valence-corrected chi connectivity index (χ2v) is 9.51. The number of hydrogen-bond acceptors (Lipinski definition) is 5. The van der Waals surface area contributed by atoms with Crippen LogP contribution in [0.4, 0.5) is 5.00 Å². The first-order valence-corrected chi connectivity index (χ1v) is 12.1. The van der Waals surface area contributed by atoms with Crippen LogP contribution < -0.4 is 4.90 Å². The highest BCUT2D eigenvalue weighted by Gasteiger charge is 2.32. The molecule has 0 radical (unpaired) electrons. The van der Waals surface area contributed by atoms with Crippen molar-refractivity contribution in [3.05, 3.63) is 77.2 Å². The van der Waals surface area contributed by atoms with Gasteiger partial charge in [0, 0.05) is 38.3 Å². The van der Waals surface area contributed by atoms with Gasteiger partial charge >= 0.3 is 0 Å². The van der Waals surface area contributed by atoms with E-state index in [2.05, 4.69) is 76.3 Å². The maximum atomic E-state index is 13.8. The number of rotatable bonds is 4. The Kier molecular flexibility index (Phi) is 6.26. The van der Waals surface area contributed by atoms with E-state index in [1.807, 2.05) is 12.1 Å². The fourth-order valence-corrected chi connectivity index (χ4v) is 5.77. The predicted octanol–water partition coefficient (Wildman–Crippen LogP) is 4.38. The van der Waals surface area contributed by atoms with Gasteiger partial charge in [-0.3, -0.25) is 4.79 Å². The lowest BCUT2D eigenvalue weighted by Crippen LogP contribution is -2.49. The Morgan fingerprint density at radius 3 is 2.34 bits per heavy atom. The van der Waals surface area contributed by atoms with E-state index in [9.17, 15) is 4.79 Å². The van der Waals surface area contributed by atoms with Gasteiger partial charge in [0.2, 0.25) is 0 Å². The molecule has 0 aliphatic carbocycles. The van der Waals surface area contributed by atoms with Crippen LogP contribution in [-0.4, -0.2) is 68.7 Å². The molecule has 2 aliphatic heterocycles. The van der Waals surface area contributed by atoms with E-state index in [0.717, 1.165) is 61.9 Å². The van der Waals surface area contributed by atoms with E-state index in [-0.39, 0.29) is 11.9 Å². The van der Waals surface area contributed by atoms with E-state index in [1.165, 1.54) is 10.6 Å². The topological polar surface area (TPSA) is 36.0 Å². The Bertz CT molecular complexity index is 1050. The molecule has 5 nitrogen and oxygen atoms in total. The fourth-order valence-electron chi connectivity index (χ4n) is 4.58. The number of nitrogens with zero attached hydrogens (tertiary/aromatic N) is 3. The summed E-state index contributed by atoms with van der Waals surface area (Å²) in [5, 5.41) is 1.17. The molecule has 2 aliphatic rings. The molecule has 5 rings (SSSR count). The van der Waals surface area contributed by atoms with Gasteiger partial charge in [-0.1, -0.05) is 60.7 Å². The summed E-state index contributed by atoms with van der Waals surface area (Å²) in [4.78, 5) is 21.4. The number of piperazine rings is 1. The van der Waals surface area contributed by atoms with Gasteiger partial charge in [0.1, 0.15) is 0 Å². The predicted molar refractivity (Wildman–Crippen MR) is 131 cm³/mol. The molecule has 1 unspecified atom stereocenters. The molecule has 0 spiro atoms. The normalized spacial score (nSPS) is 19.8. The summed E-state index contributed by atoms with van der Waals surface area (Å²) < 4.78 is 5.57. The number of carbonyl (C=O) groups is 1. The van der Waals surface area contributed by atoms with Crippen molar-refractivity contribution in [1.82, 2.24) is 9.80 Å². The molecule has 0 saturated carbocycles. The molecule has 1 atom stereocenters. The second-order valence-electron chi connectivity index (χ2n) is 8.48. The molecule has 166 valence electrons. The lowest BCUT2D eigenvalue weighted by Gasteiger charge is -2.40. The van der Waals surface area contributed by atoms with Crippen molar-refractivity contribution in [2.24, 2.45) is 0 Å². The lowest BCUT2D eigenvalue weighted by atomic mass is 10.0. The van der Waals surface area contributed by atoms with Crippen LogP contribution in [0, 0.1) is 0 Å². The van der Waals surface area contributed by atoms with Gasteiger partial charge in [-0.05, 0) is 24.2 Å². The van der Waals surface area contributed by atoms with Crippen LogP contribution in [0.15, 0.2) is 66.7 Å². The smallest absolute Gasteiger partial charge is 0.264 e. The summed E-state index contributed by atoms with van der Waals surface area (Å²) >= 11 is 1.63. The molecular weight excluding hydrogens is 418 g/mol. The highest BCUT2D eigenvalue weighted by molar-refractivity contribution is 7.18. The molecule has 0 N–H and O–H groups in total. The number of morpholine rings is 1. The standard InChI is InChI=1S/C26H29N3O2S/c1-27-12-13-29(23(19-27)21-10-6-3-7-11-21)25(30)24-18-22(20-8-4-2-5-9-20)26(32-24)28-14-16-31-17-15-28/h2-11,18,23H,12-17,19H2,1H3. The van der Waals surface area contributed by atoms with Gasteiger partial charge in [-0.2, -0.15) is 0 Å². The van der Waals surface area contributed by atoms with Crippen molar-refractivity contribution in [2.45, 2.75) is 6.04 Å². The number of ether oxygens (including phenoxy) is 1. The first-order chi connectivity index (χ1) is 15.7. The van der Waals surface area contributed by atoms with Crippen LogP contribution in [-0.2, 0) is 4.74 Å². The minimum Gasteiger partial charge on any atom is -0.378 e. The summed E-state index contributed by atoms with van der Waals surface area (Å²) in [5.41, 5.74) is 3.49. The van der Waals surface area contributed by atoms with Crippen LogP contribution in [0.2, 0.25) is 0 Å². The molecule has 32 heavy (non-hydrogen) atoms. The molecule has 2 fully saturated rings. The van der Waals surface area contributed by atoms with Crippen LogP contribution in [0.25, 0.3) is 11.1 Å². The number of benzene rings is 2. The largest absolute Gasteiger partial charge is 0.378 e. The third-order valence-electron chi connectivity index (χ3n) is 6.34. The zero-order valence-corrected chi connectivity index (χ0v) is 19.3. The molecule has 0 bridgehead atoms. The van der Waals surface area contributed by atoms with Gasteiger partial charge in [0.05, 0.1) is 29.1 Å². The number of likely N-dealkylation sites (N-methyl/N-ethyl adjacent to an activating group) is 1. The highest BCUT2D eigenvalue weighted by Crippen LogP contribution is 2.40. The summed E-state index contributed by atoms with van der Waals surface area (Å²) in [6.07, 6.45) is 0. The molecule has 2 aromatic carbocycles. The number of amides is 1. The van der Waals surface area contributed by atoms with E-state index in [1.54, 1.807) is 11.3 Å². The monoisotopic (exact) mass is 447 g/mol. The van der Waals surface area contributed by atoms with Gasteiger partial charge in [-0.25, -0.2) is 0 Å². The third-order valence-corrected chi connectivity index (χ3v) is 7.52. The van der Waals surface area contributed by atoms with Crippen molar-refractivity contribution in [1.29, 1.82) is 0 Å². The molecule has 2 saturated heterocycles. The van der Waals surface area contributed by atoms with Crippen molar-refractivity contribution >= 4 is 22.2 Å². The quantitative estimate of drug-likeness (QED) is 0.595. The first-order valence-electron chi connectivity index (χ1n) is 11.3. The molecule has 3 aromatic rings. The van der Waals surface area contributed by atoms with Crippen molar-refractivity contribution in [2.75, 3.05) is 57.9 Å². The van der Waals surface area contributed by atoms with E-state index in [0.29, 0.717) is 0 Å². The summed E-state index contributed by atoms with van der Waals surface area (Å²) in [5.74, 6) is 0.133. The SMILES string of the molecule is CN1CCN(C(=O)c2cc(-c3ccccc3)c(N3CCOCC3)s2)C(c2ccccc2)C1. The average Bonchev–Trinajstić information content (AvgIpc) is 3.31. The van der Waals surface area contributed by atoms with Crippen LogP contribution in [0.1, 0.15) is 21.3 Å². The van der Waals surface area contributed by atoms with E-state index >= 15 is 0 Å². The summed E-state index contributed by atoms with van der Waals surface area (Å²) in [6, 6.07) is 23.0.